The van der Waals surface area contributed by atoms with Gasteiger partial charge in [-0.2, -0.15) is 0 Å². The molecule has 3 aromatic heterocycles. The second-order valence-corrected chi connectivity index (χ2v) is 10.2. The molecule has 182 valence electrons. The van der Waals surface area contributed by atoms with E-state index in [1.165, 1.54) is 36.4 Å². The van der Waals surface area contributed by atoms with E-state index in [1.807, 2.05) is 11.5 Å². The molecule has 0 atom stereocenters. The van der Waals surface area contributed by atoms with Gasteiger partial charge in [0.25, 0.3) is 0 Å². The van der Waals surface area contributed by atoms with E-state index < -0.39 is 11.9 Å². The lowest BCUT2D eigenvalue weighted by Crippen LogP contribution is -2.16. The van der Waals surface area contributed by atoms with Crippen LogP contribution in [0.2, 0.25) is 0 Å². The Hall–Kier alpha value is -2.70. The number of nitrogens with zero attached hydrogens (tertiary/aromatic N) is 3. The van der Waals surface area contributed by atoms with Gasteiger partial charge in [-0.1, -0.05) is 18.7 Å². The second-order valence-electron chi connectivity index (χ2n) is 7.17. The number of ether oxygens (including phenoxy) is 2. The van der Waals surface area contributed by atoms with Crippen LogP contribution in [0, 0.1) is 13.8 Å². The van der Waals surface area contributed by atoms with Crippen molar-refractivity contribution in [1.29, 1.82) is 0 Å². The maximum Gasteiger partial charge on any atom is 0.348 e. The molecule has 0 aromatic carbocycles. The molecule has 0 unspecified atom stereocenters. The van der Waals surface area contributed by atoms with Gasteiger partial charge in [-0.05, 0) is 38.3 Å². The van der Waals surface area contributed by atoms with Crippen LogP contribution < -0.4 is 5.32 Å². The monoisotopic (exact) mass is 522 g/mol. The third kappa shape index (κ3) is 5.03. The minimum Gasteiger partial charge on any atom is -0.465 e. The molecule has 3 rings (SSSR count). The Morgan fingerprint density at radius 1 is 1.12 bits per heavy atom. The van der Waals surface area contributed by atoms with Gasteiger partial charge in [-0.25, -0.2) is 9.59 Å². The summed E-state index contributed by atoms with van der Waals surface area (Å²) in [6.45, 7) is 8.49. The Labute approximate surface area is 209 Å². The quantitative estimate of drug-likeness (QED) is 0.321. The molecular weight excluding hydrogens is 496 g/mol. The molecular formula is C22H26N4O5S3. The molecule has 3 aromatic rings. The number of thiophene rings is 2. The highest BCUT2D eigenvalue weighted by atomic mass is 32.2. The first-order valence-corrected chi connectivity index (χ1v) is 13.2. The molecule has 0 fully saturated rings. The highest BCUT2D eigenvalue weighted by molar-refractivity contribution is 7.99. The van der Waals surface area contributed by atoms with Crippen LogP contribution in [0.3, 0.4) is 0 Å². The molecule has 0 bridgehead atoms. The summed E-state index contributed by atoms with van der Waals surface area (Å²) in [5.74, 6) is -0.731. The lowest BCUT2D eigenvalue weighted by atomic mass is 10.1. The maximum absolute atomic E-state index is 12.7. The van der Waals surface area contributed by atoms with E-state index in [4.69, 9.17) is 9.47 Å². The number of aromatic nitrogens is 3. The highest BCUT2D eigenvalue weighted by Gasteiger charge is 2.27. The van der Waals surface area contributed by atoms with Crippen LogP contribution in [0.4, 0.5) is 5.00 Å². The zero-order valence-electron chi connectivity index (χ0n) is 19.8. The van der Waals surface area contributed by atoms with Gasteiger partial charge in [0.05, 0.1) is 25.5 Å². The van der Waals surface area contributed by atoms with E-state index in [9.17, 15) is 14.4 Å². The average Bonchev–Trinajstić information content (AvgIpc) is 3.50. The standard InChI is InChI=1S/C22H26N4O5S3/c1-7-13-12(4)32-9-14(13)18-24-25-22(26(18)8-2)33-10-15(27)23-19-16(20(28)30-5)11(3)17(34-19)21(29)31-6/h9H,7-8,10H2,1-6H3,(H,23,27). The van der Waals surface area contributed by atoms with E-state index >= 15 is 0 Å². The Bertz CT molecular complexity index is 1230. The Morgan fingerprint density at radius 3 is 2.44 bits per heavy atom. The van der Waals surface area contributed by atoms with Gasteiger partial charge in [0.1, 0.15) is 9.88 Å². The Morgan fingerprint density at radius 2 is 1.82 bits per heavy atom. The van der Waals surface area contributed by atoms with E-state index in [-0.39, 0.29) is 27.1 Å². The highest BCUT2D eigenvalue weighted by Crippen LogP contribution is 2.35. The third-order valence-electron chi connectivity index (χ3n) is 5.22. The van der Waals surface area contributed by atoms with Crippen molar-refractivity contribution in [2.24, 2.45) is 0 Å². The van der Waals surface area contributed by atoms with Crippen molar-refractivity contribution in [3.05, 3.63) is 31.8 Å². The van der Waals surface area contributed by atoms with Crippen molar-refractivity contribution < 1.29 is 23.9 Å². The predicted molar refractivity (Wildman–Crippen MR) is 134 cm³/mol. The van der Waals surface area contributed by atoms with Crippen LogP contribution in [0.25, 0.3) is 11.4 Å². The SMILES string of the molecule is CCc1c(-c2nnc(SCC(=O)Nc3sc(C(=O)OC)c(C)c3C(=O)OC)n2CC)csc1C. The van der Waals surface area contributed by atoms with Gasteiger partial charge in [-0.15, -0.1) is 32.9 Å². The second kappa shape index (κ2) is 11.2. The molecule has 12 heteroatoms. The zero-order chi connectivity index (χ0) is 25.0. The Kier molecular flexibility index (Phi) is 8.50. The van der Waals surface area contributed by atoms with Crippen LogP contribution in [0.15, 0.2) is 10.5 Å². The van der Waals surface area contributed by atoms with E-state index in [0.717, 1.165) is 29.1 Å². The molecule has 0 aliphatic rings. The zero-order valence-corrected chi connectivity index (χ0v) is 22.3. The van der Waals surface area contributed by atoms with E-state index in [0.29, 0.717) is 17.3 Å². The van der Waals surface area contributed by atoms with Crippen molar-refractivity contribution >= 4 is 57.3 Å². The van der Waals surface area contributed by atoms with Crippen LogP contribution >= 0.6 is 34.4 Å². The summed E-state index contributed by atoms with van der Waals surface area (Å²) in [4.78, 5) is 38.6. The number of rotatable bonds is 9. The lowest BCUT2D eigenvalue weighted by molar-refractivity contribution is -0.113. The predicted octanol–water partition coefficient (Wildman–Crippen LogP) is 4.57. The lowest BCUT2D eigenvalue weighted by Gasteiger charge is -2.09. The number of carbonyl (C=O) groups is 3. The normalized spacial score (nSPS) is 10.9. The number of aryl methyl sites for hydroxylation is 1. The fourth-order valence-corrected chi connectivity index (χ4v) is 6.39. The van der Waals surface area contributed by atoms with Crippen molar-refractivity contribution in [3.63, 3.8) is 0 Å². The summed E-state index contributed by atoms with van der Waals surface area (Å²) in [5.41, 5.74) is 2.87. The summed E-state index contributed by atoms with van der Waals surface area (Å²) in [6.07, 6.45) is 0.905. The van der Waals surface area contributed by atoms with Gasteiger partial charge in [0.15, 0.2) is 11.0 Å². The fraction of sp³-hybridized carbons (Fsp3) is 0.409. The summed E-state index contributed by atoms with van der Waals surface area (Å²) in [6, 6.07) is 0. The molecule has 34 heavy (non-hydrogen) atoms. The van der Waals surface area contributed by atoms with Crippen molar-refractivity contribution in [1.82, 2.24) is 14.8 Å². The van der Waals surface area contributed by atoms with Crippen molar-refractivity contribution in [2.75, 3.05) is 25.3 Å². The molecule has 1 N–H and O–H groups in total. The number of methoxy groups -OCH3 is 2. The van der Waals surface area contributed by atoms with Gasteiger partial charge in [0.2, 0.25) is 5.91 Å². The molecule has 3 heterocycles. The summed E-state index contributed by atoms with van der Waals surface area (Å²) >= 11 is 3.92. The molecule has 1 amide bonds. The van der Waals surface area contributed by atoms with Gasteiger partial charge in [-0.3, -0.25) is 4.79 Å². The minimum atomic E-state index is -0.639. The molecule has 0 saturated heterocycles. The van der Waals surface area contributed by atoms with Crippen molar-refractivity contribution in [3.8, 4) is 11.4 Å². The molecule has 0 saturated carbocycles. The molecule has 0 spiro atoms. The minimum absolute atomic E-state index is 0.0482. The number of hydrogen-bond donors (Lipinski definition) is 1. The summed E-state index contributed by atoms with van der Waals surface area (Å²) in [7, 11) is 2.50. The molecule has 0 aliphatic carbocycles. The van der Waals surface area contributed by atoms with Crippen LogP contribution in [-0.4, -0.2) is 52.6 Å². The van der Waals surface area contributed by atoms with Crippen LogP contribution in [-0.2, 0) is 27.2 Å². The number of anilines is 1. The summed E-state index contributed by atoms with van der Waals surface area (Å²) in [5, 5.41) is 14.4. The Balaban J connectivity index is 1.79. The largest absolute Gasteiger partial charge is 0.465 e. The molecule has 0 radical (unpaired) electrons. The van der Waals surface area contributed by atoms with E-state index in [2.05, 4.69) is 34.7 Å². The molecule has 9 nitrogen and oxygen atoms in total. The number of esters is 2. The third-order valence-corrected chi connectivity index (χ3v) is 8.33. The first kappa shape index (κ1) is 25.9. The molecule has 0 aliphatic heterocycles. The van der Waals surface area contributed by atoms with Gasteiger partial charge < -0.3 is 19.4 Å². The topological polar surface area (TPSA) is 112 Å². The maximum atomic E-state index is 12.7. The van der Waals surface area contributed by atoms with Gasteiger partial charge >= 0.3 is 11.9 Å². The number of carbonyl (C=O) groups excluding carboxylic acids is 3. The van der Waals surface area contributed by atoms with Gasteiger partial charge in [0, 0.05) is 22.4 Å². The number of hydrogen-bond acceptors (Lipinski definition) is 10. The van der Waals surface area contributed by atoms with Crippen LogP contribution in [0.5, 0.6) is 0 Å². The average molecular weight is 523 g/mol. The number of amides is 1. The fourth-order valence-electron chi connectivity index (χ4n) is 3.52. The number of nitrogens with one attached hydrogen (secondary N) is 1. The van der Waals surface area contributed by atoms with E-state index in [1.54, 1.807) is 18.3 Å². The number of thioether (sulfide) groups is 1. The first-order valence-electron chi connectivity index (χ1n) is 10.5. The van der Waals surface area contributed by atoms with Crippen LogP contribution in [0.1, 0.15) is 49.9 Å². The smallest absolute Gasteiger partial charge is 0.348 e. The summed E-state index contributed by atoms with van der Waals surface area (Å²) < 4.78 is 11.6. The first-order chi connectivity index (χ1) is 16.3. The van der Waals surface area contributed by atoms with Crippen molar-refractivity contribution in [2.45, 2.75) is 45.8 Å².